The van der Waals surface area contributed by atoms with Crippen LogP contribution < -0.4 is 0 Å². The summed E-state index contributed by atoms with van der Waals surface area (Å²) in [5.41, 5.74) is 0. The van der Waals surface area contributed by atoms with Gasteiger partial charge in [-0.1, -0.05) is 27.7 Å². The Labute approximate surface area is 65.8 Å². The summed E-state index contributed by atoms with van der Waals surface area (Å²) in [6.07, 6.45) is 0. The molecule has 0 bridgehead atoms. The van der Waals surface area contributed by atoms with Crippen LogP contribution in [0.3, 0.4) is 0 Å². The number of hydrogen-bond acceptors (Lipinski definition) is 1. The fourth-order valence-corrected chi connectivity index (χ4v) is 0. The Hall–Kier alpha value is -0.530. The van der Waals surface area contributed by atoms with Gasteiger partial charge in [-0.25, -0.2) is 0 Å². The van der Waals surface area contributed by atoms with Crippen LogP contribution in [0.4, 0.5) is 0 Å². The highest BCUT2D eigenvalue weighted by atomic mass is 15.1. The molecule has 0 heterocycles. The topological polar surface area (TPSA) is 27.1 Å². The standard InChI is InChI=1S/C4H10N2.2C2H6/c1-4(5)6(2)3;2*1-2/h5H,1-3H3;2*1-2H3. The van der Waals surface area contributed by atoms with E-state index in [1.165, 1.54) is 0 Å². The number of rotatable bonds is 0. The maximum Gasteiger partial charge on any atom is 0.0920 e. The van der Waals surface area contributed by atoms with Crippen molar-refractivity contribution in [2.75, 3.05) is 14.1 Å². The minimum Gasteiger partial charge on any atom is -0.367 e. The fraction of sp³-hybridized carbons (Fsp3) is 0.875. The summed E-state index contributed by atoms with van der Waals surface area (Å²) in [5, 5.41) is 6.88. The molecule has 0 aliphatic rings. The lowest BCUT2D eigenvalue weighted by Crippen LogP contribution is -2.16. The van der Waals surface area contributed by atoms with Crippen molar-refractivity contribution < 1.29 is 0 Å². The second kappa shape index (κ2) is 15.8. The van der Waals surface area contributed by atoms with E-state index in [0.29, 0.717) is 5.84 Å². The highest BCUT2D eigenvalue weighted by Crippen LogP contribution is 1.70. The van der Waals surface area contributed by atoms with Gasteiger partial charge in [-0.05, 0) is 6.92 Å². The molecular formula is C8H22N2. The number of amidine groups is 1. The second-order valence-electron chi connectivity index (χ2n) is 1.48. The van der Waals surface area contributed by atoms with Gasteiger partial charge >= 0.3 is 0 Å². The third-order valence-corrected chi connectivity index (χ3v) is 0.671. The van der Waals surface area contributed by atoms with Crippen LogP contribution in [0.2, 0.25) is 0 Å². The van der Waals surface area contributed by atoms with Gasteiger partial charge in [0.2, 0.25) is 0 Å². The Morgan fingerprint density at radius 2 is 1.10 bits per heavy atom. The van der Waals surface area contributed by atoms with Gasteiger partial charge in [-0.3, -0.25) is 5.41 Å². The first kappa shape index (κ1) is 16.2. The summed E-state index contributed by atoms with van der Waals surface area (Å²) in [5.74, 6) is 0.593. The molecule has 0 unspecified atom stereocenters. The largest absolute Gasteiger partial charge is 0.367 e. The first-order valence-corrected chi connectivity index (χ1v) is 3.87. The van der Waals surface area contributed by atoms with Crippen LogP contribution in [0.25, 0.3) is 0 Å². The monoisotopic (exact) mass is 146 g/mol. The summed E-state index contributed by atoms with van der Waals surface area (Å²) in [7, 11) is 3.70. The molecule has 10 heavy (non-hydrogen) atoms. The zero-order valence-electron chi connectivity index (χ0n) is 8.45. The van der Waals surface area contributed by atoms with E-state index in [9.17, 15) is 0 Å². The Balaban J connectivity index is -0.000000105. The molecule has 2 nitrogen and oxygen atoms in total. The molecule has 0 radical (unpaired) electrons. The molecule has 0 aromatic carbocycles. The fourth-order valence-electron chi connectivity index (χ4n) is 0. The van der Waals surface area contributed by atoms with Crippen LogP contribution >= 0.6 is 0 Å². The lowest BCUT2D eigenvalue weighted by atomic mass is 10.6. The van der Waals surface area contributed by atoms with Crippen LogP contribution in [0, 0.1) is 5.41 Å². The third kappa shape index (κ3) is 26.0. The molecule has 0 fully saturated rings. The molecule has 0 aromatic rings. The molecule has 0 aliphatic heterocycles. The highest BCUT2D eigenvalue weighted by molar-refractivity contribution is 5.75. The highest BCUT2D eigenvalue weighted by Gasteiger charge is 1.81. The molecule has 0 rings (SSSR count). The van der Waals surface area contributed by atoms with Gasteiger partial charge in [0.15, 0.2) is 0 Å². The Kier molecular flexibility index (Phi) is 25.6. The van der Waals surface area contributed by atoms with Crippen molar-refractivity contribution >= 4 is 5.84 Å². The number of nitrogens with zero attached hydrogens (tertiary/aromatic N) is 1. The zero-order valence-corrected chi connectivity index (χ0v) is 8.45. The Bertz CT molecular complexity index is 58.3. The predicted molar refractivity (Wildman–Crippen MR) is 49.8 cm³/mol. The van der Waals surface area contributed by atoms with Crippen molar-refractivity contribution in [3.63, 3.8) is 0 Å². The smallest absolute Gasteiger partial charge is 0.0920 e. The van der Waals surface area contributed by atoms with Gasteiger partial charge in [0.25, 0.3) is 0 Å². The quantitative estimate of drug-likeness (QED) is 0.413. The van der Waals surface area contributed by atoms with E-state index in [0.717, 1.165) is 0 Å². The summed E-state index contributed by atoms with van der Waals surface area (Å²) in [6, 6.07) is 0. The lowest BCUT2D eigenvalue weighted by molar-refractivity contribution is 0.613. The molecule has 0 spiro atoms. The zero-order chi connectivity index (χ0) is 9.15. The first-order chi connectivity index (χ1) is 4.64. The SMILES string of the molecule is CC.CC.CC(=N)N(C)C. The number of hydrogen-bond donors (Lipinski definition) is 1. The predicted octanol–water partition coefficient (Wildman–Crippen LogP) is 2.60. The van der Waals surface area contributed by atoms with Crippen molar-refractivity contribution in [3.8, 4) is 0 Å². The van der Waals surface area contributed by atoms with Gasteiger partial charge in [-0.2, -0.15) is 0 Å². The average molecular weight is 146 g/mol. The molecule has 0 aromatic heterocycles. The molecule has 64 valence electrons. The molecule has 0 saturated heterocycles. The van der Waals surface area contributed by atoms with Crippen molar-refractivity contribution in [2.45, 2.75) is 34.6 Å². The van der Waals surface area contributed by atoms with Crippen LogP contribution in [0.1, 0.15) is 34.6 Å². The summed E-state index contributed by atoms with van der Waals surface area (Å²) < 4.78 is 0. The van der Waals surface area contributed by atoms with Gasteiger partial charge in [0, 0.05) is 14.1 Å². The maximum atomic E-state index is 6.88. The molecule has 0 amide bonds. The van der Waals surface area contributed by atoms with Gasteiger partial charge in [-0.15, -0.1) is 0 Å². The molecule has 0 aliphatic carbocycles. The van der Waals surface area contributed by atoms with Crippen LogP contribution in [-0.4, -0.2) is 24.8 Å². The molecule has 0 saturated carbocycles. The van der Waals surface area contributed by atoms with E-state index in [2.05, 4.69) is 0 Å². The van der Waals surface area contributed by atoms with Crippen molar-refractivity contribution in [1.82, 2.24) is 4.90 Å². The third-order valence-electron chi connectivity index (χ3n) is 0.671. The van der Waals surface area contributed by atoms with E-state index in [1.807, 2.05) is 41.8 Å². The van der Waals surface area contributed by atoms with Gasteiger partial charge < -0.3 is 4.90 Å². The maximum absolute atomic E-state index is 6.88. The molecule has 0 atom stereocenters. The lowest BCUT2D eigenvalue weighted by Gasteiger charge is -2.06. The average Bonchev–Trinajstić information content (AvgIpc) is 1.96. The van der Waals surface area contributed by atoms with E-state index in [-0.39, 0.29) is 0 Å². The van der Waals surface area contributed by atoms with E-state index >= 15 is 0 Å². The minimum absolute atomic E-state index is 0.593. The van der Waals surface area contributed by atoms with E-state index in [4.69, 9.17) is 5.41 Å². The summed E-state index contributed by atoms with van der Waals surface area (Å²) in [6.45, 7) is 9.75. The van der Waals surface area contributed by atoms with E-state index < -0.39 is 0 Å². The van der Waals surface area contributed by atoms with E-state index in [1.54, 1.807) is 11.8 Å². The molecule has 1 N–H and O–H groups in total. The minimum atomic E-state index is 0.593. The van der Waals surface area contributed by atoms with Gasteiger partial charge in [0.05, 0.1) is 5.84 Å². The Morgan fingerprint density at radius 1 is 1.00 bits per heavy atom. The Morgan fingerprint density at radius 3 is 1.10 bits per heavy atom. The number of nitrogens with one attached hydrogen (secondary N) is 1. The summed E-state index contributed by atoms with van der Waals surface area (Å²) >= 11 is 0. The first-order valence-electron chi connectivity index (χ1n) is 3.87. The normalized spacial score (nSPS) is 5.90. The van der Waals surface area contributed by atoms with Gasteiger partial charge in [0.1, 0.15) is 0 Å². The molecular weight excluding hydrogens is 124 g/mol. The second-order valence-corrected chi connectivity index (χ2v) is 1.48. The summed E-state index contributed by atoms with van der Waals surface area (Å²) in [4.78, 5) is 1.75. The van der Waals surface area contributed by atoms with Crippen LogP contribution in [0.15, 0.2) is 0 Å². The van der Waals surface area contributed by atoms with Crippen molar-refractivity contribution in [1.29, 1.82) is 5.41 Å². The molecule has 2 heteroatoms. The van der Waals surface area contributed by atoms with Crippen LogP contribution in [0.5, 0.6) is 0 Å². The van der Waals surface area contributed by atoms with Crippen molar-refractivity contribution in [2.24, 2.45) is 0 Å². The van der Waals surface area contributed by atoms with Crippen LogP contribution in [-0.2, 0) is 0 Å². The van der Waals surface area contributed by atoms with Crippen molar-refractivity contribution in [3.05, 3.63) is 0 Å².